The van der Waals surface area contributed by atoms with Gasteiger partial charge in [-0.3, -0.25) is 0 Å². The minimum absolute atomic E-state index is 0.208. The molecule has 0 amide bonds. The third-order valence-electron chi connectivity index (χ3n) is 3.19. The first-order valence-corrected chi connectivity index (χ1v) is 7.70. The lowest BCUT2D eigenvalue weighted by molar-refractivity contribution is 0.0510. The van der Waals surface area contributed by atoms with Gasteiger partial charge in [0.2, 0.25) is 0 Å². The van der Waals surface area contributed by atoms with Crippen LogP contribution in [0.1, 0.15) is 67.7 Å². The molecule has 0 radical (unpaired) electrons. The van der Waals surface area contributed by atoms with Gasteiger partial charge in [-0.2, -0.15) is 0 Å². The van der Waals surface area contributed by atoms with Crippen LogP contribution in [-0.4, -0.2) is 28.7 Å². The number of allylic oxidation sites excluding steroid dienone is 1. The molecule has 18 heavy (non-hydrogen) atoms. The number of likely N-dealkylation sites (tertiary alicyclic amines) is 1. The molecule has 2 nitrogen and oxygen atoms in total. The monoisotopic (exact) mass is 257 g/mol. The van der Waals surface area contributed by atoms with Gasteiger partial charge in [-0.25, -0.2) is 0 Å². The van der Waals surface area contributed by atoms with Crippen LogP contribution >= 0.6 is 0 Å². The molecule has 1 aliphatic rings. The second-order valence-corrected chi connectivity index (χ2v) is 4.56. The molecule has 0 aromatic carbocycles. The molecule has 110 valence electrons. The Kier molecular flexibility index (Phi) is 12.8. The van der Waals surface area contributed by atoms with Crippen LogP contribution in [0.25, 0.3) is 0 Å². The Morgan fingerprint density at radius 2 is 1.78 bits per heavy atom. The molecule has 1 heterocycles. The van der Waals surface area contributed by atoms with Gasteiger partial charge in [0.15, 0.2) is 0 Å². The largest absolute Gasteiger partial charge is 0.391 e. The summed E-state index contributed by atoms with van der Waals surface area (Å²) >= 11 is 0. The van der Waals surface area contributed by atoms with Gasteiger partial charge >= 0.3 is 0 Å². The Hall–Kier alpha value is -0.500. The van der Waals surface area contributed by atoms with Crippen LogP contribution in [0.4, 0.5) is 0 Å². The Bertz CT molecular complexity index is 201. The SMILES string of the molecule is C=C(CC)N1CCC[C@H]1[C@H](O)C(C)C.CC.CC. The summed E-state index contributed by atoms with van der Waals surface area (Å²) in [5.74, 6) is 0.338. The van der Waals surface area contributed by atoms with Crippen molar-refractivity contribution in [1.29, 1.82) is 0 Å². The van der Waals surface area contributed by atoms with Crippen molar-refractivity contribution in [2.75, 3.05) is 6.54 Å². The van der Waals surface area contributed by atoms with Gasteiger partial charge in [-0.1, -0.05) is 55.0 Å². The first-order chi connectivity index (χ1) is 8.57. The molecule has 1 fully saturated rings. The first kappa shape index (κ1) is 19.8. The van der Waals surface area contributed by atoms with Crippen molar-refractivity contribution in [1.82, 2.24) is 4.90 Å². The summed E-state index contributed by atoms with van der Waals surface area (Å²) in [4.78, 5) is 2.30. The van der Waals surface area contributed by atoms with Gasteiger partial charge in [0.1, 0.15) is 0 Å². The van der Waals surface area contributed by atoms with Crippen LogP contribution < -0.4 is 0 Å². The predicted molar refractivity (Wildman–Crippen MR) is 82.7 cm³/mol. The van der Waals surface area contributed by atoms with Gasteiger partial charge < -0.3 is 10.0 Å². The zero-order chi connectivity index (χ0) is 14.7. The summed E-state index contributed by atoms with van der Waals surface area (Å²) < 4.78 is 0. The molecule has 1 aliphatic heterocycles. The number of hydrogen-bond acceptors (Lipinski definition) is 2. The Balaban J connectivity index is 0. The minimum atomic E-state index is -0.208. The molecule has 0 unspecified atom stereocenters. The molecule has 2 heteroatoms. The summed E-state index contributed by atoms with van der Waals surface area (Å²) in [6.07, 6.45) is 3.08. The third-order valence-corrected chi connectivity index (χ3v) is 3.19. The van der Waals surface area contributed by atoms with Crippen molar-refractivity contribution in [2.24, 2.45) is 5.92 Å². The van der Waals surface area contributed by atoms with E-state index >= 15 is 0 Å². The topological polar surface area (TPSA) is 23.5 Å². The molecule has 0 saturated carbocycles. The summed E-state index contributed by atoms with van der Waals surface area (Å²) in [5.41, 5.74) is 1.17. The van der Waals surface area contributed by atoms with Gasteiger partial charge in [0.05, 0.1) is 12.1 Å². The average molecular weight is 257 g/mol. The quantitative estimate of drug-likeness (QED) is 0.804. The maximum absolute atomic E-state index is 10.1. The van der Waals surface area contributed by atoms with E-state index in [-0.39, 0.29) is 6.10 Å². The van der Waals surface area contributed by atoms with Gasteiger partial charge in [0.25, 0.3) is 0 Å². The van der Waals surface area contributed by atoms with Gasteiger partial charge in [-0.15, -0.1) is 0 Å². The lowest BCUT2D eigenvalue weighted by Crippen LogP contribution is -2.40. The fourth-order valence-corrected chi connectivity index (χ4v) is 2.19. The van der Waals surface area contributed by atoms with Crippen molar-refractivity contribution >= 4 is 0 Å². The van der Waals surface area contributed by atoms with Crippen molar-refractivity contribution in [2.45, 2.75) is 79.9 Å². The van der Waals surface area contributed by atoms with Crippen LogP contribution in [0.2, 0.25) is 0 Å². The fourth-order valence-electron chi connectivity index (χ4n) is 2.19. The highest BCUT2D eigenvalue weighted by atomic mass is 16.3. The smallest absolute Gasteiger partial charge is 0.0766 e. The molecule has 1 N–H and O–H groups in total. The molecule has 1 saturated heterocycles. The highest BCUT2D eigenvalue weighted by Crippen LogP contribution is 2.27. The fraction of sp³-hybridized carbons (Fsp3) is 0.875. The Morgan fingerprint density at radius 1 is 1.28 bits per heavy atom. The van der Waals surface area contributed by atoms with Gasteiger partial charge in [0, 0.05) is 12.2 Å². The second-order valence-electron chi connectivity index (χ2n) is 4.56. The zero-order valence-corrected chi connectivity index (χ0v) is 13.7. The third kappa shape index (κ3) is 5.90. The van der Waals surface area contributed by atoms with Crippen LogP contribution in [-0.2, 0) is 0 Å². The molecular weight excluding hydrogens is 222 g/mol. The van der Waals surface area contributed by atoms with Gasteiger partial charge in [-0.05, 0) is 25.2 Å². The van der Waals surface area contributed by atoms with Crippen molar-refractivity contribution in [3.05, 3.63) is 12.3 Å². The van der Waals surface area contributed by atoms with E-state index in [4.69, 9.17) is 0 Å². The van der Waals surface area contributed by atoms with E-state index in [9.17, 15) is 5.11 Å². The van der Waals surface area contributed by atoms with E-state index < -0.39 is 0 Å². The standard InChI is InChI=1S/C12H23NO.2C2H6/c1-5-10(4)13-8-6-7-11(13)12(14)9(2)3;2*1-2/h9,11-12,14H,4-8H2,1-3H3;2*1-2H3/t11-,12+;;/m0../s1. The van der Waals surface area contributed by atoms with E-state index in [2.05, 4.69) is 32.3 Å². The van der Waals surface area contributed by atoms with Crippen LogP contribution in [0.5, 0.6) is 0 Å². The minimum Gasteiger partial charge on any atom is -0.391 e. The summed E-state index contributed by atoms with van der Waals surface area (Å²) in [6, 6.07) is 0.308. The van der Waals surface area contributed by atoms with E-state index in [0.717, 1.165) is 19.4 Å². The molecule has 1 rings (SSSR count). The van der Waals surface area contributed by atoms with Crippen molar-refractivity contribution < 1.29 is 5.11 Å². The molecule has 0 aliphatic carbocycles. The van der Waals surface area contributed by atoms with E-state index in [0.29, 0.717) is 12.0 Å². The normalized spacial score (nSPS) is 19.6. The molecule has 0 bridgehead atoms. The highest BCUT2D eigenvalue weighted by Gasteiger charge is 2.32. The van der Waals surface area contributed by atoms with E-state index in [1.54, 1.807) is 0 Å². The number of rotatable bonds is 4. The van der Waals surface area contributed by atoms with Crippen LogP contribution in [0.3, 0.4) is 0 Å². The maximum Gasteiger partial charge on any atom is 0.0766 e. The first-order valence-electron chi connectivity index (χ1n) is 7.70. The molecule has 0 aromatic rings. The molecular formula is C16H35NO. The summed E-state index contributed by atoms with van der Waals surface area (Å²) in [5, 5.41) is 10.1. The predicted octanol–water partition coefficient (Wildman–Crippen LogP) is 4.44. The Morgan fingerprint density at radius 3 is 2.17 bits per heavy atom. The van der Waals surface area contributed by atoms with Crippen LogP contribution in [0, 0.1) is 5.92 Å². The second kappa shape index (κ2) is 11.6. The number of aliphatic hydroxyl groups excluding tert-OH is 1. The van der Waals surface area contributed by atoms with Crippen molar-refractivity contribution in [3.8, 4) is 0 Å². The summed E-state index contributed by atoms with van der Waals surface area (Å²) in [6.45, 7) is 19.4. The lowest BCUT2D eigenvalue weighted by Gasteiger charge is -2.33. The molecule has 2 atom stereocenters. The summed E-state index contributed by atoms with van der Waals surface area (Å²) in [7, 11) is 0. The maximum atomic E-state index is 10.1. The average Bonchev–Trinajstić information content (AvgIpc) is 2.90. The lowest BCUT2D eigenvalue weighted by atomic mass is 9.97. The zero-order valence-electron chi connectivity index (χ0n) is 13.7. The van der Waals surface area contributed by atoms with E-state index in [1.807, 2.05) is 27.7 Å². The number of nitrogens with zero attached hydrogens (tertiary/aromatic N) is 1. The van der Waals surface area contributed by atoms with Crippen molar-refractivity contribution in [3.63, 3.8) is 0 Å². The molecule has 0 aromatic heterocycles. The molecule has 0 spiro atoms. The Labute approximate surface area is 115 Å². The number of aliphatic hydroxyl groups is 1. The highest BCUT2D eigenvalue weighted by molar-refractivity contribution is 5.01. The van der Waals surface area contributed by atoms with Crippen LogP contribution in [0.15, 0.2) is 12.3 Å². The van der Waals surface area contributed by atoms with E-state index in [1.165, 1.54) is 12.1 Å². The number of hydrogen-bond donors (Lipinski definition) is 1.